The van der Waals surface area contributed by atoms with Crippen LogP contribution in [-0.2, 0) is 0 Å². The fourth-order valence-electron chi connectivity index (χ4n) is 1.79. The largest absolute Gasteiger partial charge is 0.309 e. The van der Waals surface area contributed by atoms with Crippen LogP contribution in [-0.4, -0.2) is 7.05 Å². The van der Waals surface area contributed by atoms with Gasteiger partial charge in [-0.25, -0.2) is 4.39 Å². The van der Waals surface area contributed by atoms with Crippen LogP contribution in [0.2, 0.25) is 5.02 Å². The third-order valence-corrected chi connectivity index (χ3v) is 6.22. The number of nitrogens with one attached hydrogen (secondary N) is 1. The first-order valence-corrected chi connectivity index (χ1v) is 8.77. The Balaban J connectivity index is 2.54. The molecule has 7 heteroatoms. The van der Waals surface area contributed by atoms with Crippen molar-refractivity contribution in [3.63, 3.8) is 0 Å². The molecule has 0 aliphatic rings. The van der Waals surface area contributed by atoms with Crippen LogP contribution in [0.5, 0.6) is 0 Å². The van der Waals surface area contributed by atoms with Crippen LogP contribution in [0.25, 0.3) is 0 Å². The Kier molecular flexibility index (Phi) is 5.48. The van der Waals surface area contributed by atoms with Crippen molar-refractivity contribution >= 4 is 70.7 Å². The van der Waals surface area contributed by atoms with Crippen LogP contribution in [0.4, 0.5) is 4.39 Å². The second-order valence-corrected chi connectivity index (χ2v) is 8.80. The van der Waals surface area contributed by atoms with Crippen molar-refractivity contribution in [3.05, 3.63) is 52.2 Å². The average Bonchev–Trinajstić information content (AvgIpc) is 2.66. The van der Waals surface area contributed by atoms with E-state index < -0.39 is 0 Å². The Morgan fingerprint density at radius 3 is 2.42 bits per heavy atom. The zero-order valence-electron chi connectivity index (χ0n) is 9.61. The lowest BCUT2D eigenvalue weighted by Gasteiger charge is -2.18. The van der Waals surface area contributed by atoms with E-state index in [4.69, 9.17) is 11.6 Å². The van der Waals surface area contributed by atoms with E-state index in [-0.39, 0.29) is 11.9 Å². The molecule has 1 aromatic carbocycles. The third-order valence-electron chi connectivity index (χ3n) is 2.63. The third kappa shape index (κ3) is 3.41. The maximum atomic E-state index is 14.1. The van der Waals surface area contributed by atoms with E-state index in [2.05, 4.69) is 53.1 Å². The number of thiophene rings is 1. The minimum atomic E-state index is -0.301. The van der Waals surface area contributed by atoms with Gasteiger partial charge in [0.15, 0.2) is 0 Å². The number of halogens is 5. The van der Waals surface area contributed by atoms with E-state index in [9.17, 15) is 4.39 Å². The van der Waals surface area contributed by atoms with Crippen molar-refractivity contribution < 1.29 is 4.39 Å². The Morgan fingerprint density at radius 1 is 1.21 bits per heavy atom. The summed E-state index contributed by atoms with van der Waals surface area (Å²) < 4.78 is 16.6. The number of hydrogen-bond donors (Lipinski definition) is 1. The summed E-state index contributed by atoms with van der Waals surface area (Å²) in [6.45, 7) is 0. The smallest absolute Gasteiger partial charge is 0.129 e. The standard InChI is InChI=1S/C12H8Br3ClFNS/c1-18-11(6-3-10(14)19-12(6)15)5-2-8(16)7(13)4-9(5)17/h2-4,11,18H,1H3. The Labute approximate surface area is 144 Å². The molecule has 1 atom stereocenters. The summed E-state index contributed by atoms with van der Waals surface area (Å²) >= 11 is 17.8. The van der Waals surface area contributed by atoms with Crippen molar-refractivity contribution in [1.29, 1.82) is 0 Å². The van der Waals surface area contributed by atoms with Gasteiger partial charge < -0.3 is 5.32 Å². The molecule has 1 heterocycles. The van der Waals surface area contributed by atoms with Crippen LogP contribution in [0.1, 0.15) is 17.2 Å². The molecule has 19 heavy (non-hydrogen) atoms. The van der Waals surface area contributed by atoms with E-state index in [1.807, 2.05) is 6.07 Å². The van der Waals surface area contributed by atoms with E-state index >= 15 is 0 Å². The Morgan fingerprint density at radius 2 is 1.89 bits per heavy atom. The molecule has 1 nitrogen and oxygen atoms in total. The van der Waals surface area contributed by atoms with Crippen LogP contribution in [0, 0.1) is 5.82 Å². The fraction of sp³-hybridized carbons (Fsp3) is 0.167. The molecule has 1 unspecified atom stereocenters. The van der Waals surface area contributed by atoms with Gasteiger partial charge in [0.05, 0.1) is 18.6 Å². The van der Waals surface area contributed by atoms with E-state index in [0.29, 0.717) is 15.1 Å². The highest BCUT2D eigenvalue weighted by atomic mass is 79.9. The highest BCUT2D eigenvalue weighted by Crippen LogP contribution is 2.39. The lowest BCUT2D eigenvalue weighted by atomic mass is 10.0. The number of hydrogen-bond acceptors (Lipinski definition) is 2. The van der Waals surface area contributed by atoms with Gasteiger partial charge in [0.1, 0.15) is 5.82 Å². The van der Waals surface area contributed by atoms with Gasteiger partial charge in [-0.05, 0) is 78.6 Å². The summed E-state index contributed by atoms with van der Waals surface area (Å²) in [5.41, 5.74) is 1.48. The predicted molar refractivity (Wildman–Crippen MR) is 89.7 cm³/mol. The van der Waals surface area contributed by atoms with Gasteiger partial charge in [-0.1, -0.05) is 11.6 Å². The molecule has 1 aromatic heterocycles. The average molecular weight is 492 g/mol. The van der Waals surface area contributed by atoms with Crippen LogP contribution in [0.3, 0.4) is 0 Å². The normalized spacial score (nSPS) is 12.7. The van der Waals surface area contributed by atoms with Gasteiger partial charge in [-0.15, -0.1) is 11.3 Å². The molecule has 0 aliphatic heterocycles. The molecule has 0 saturated heterocycles. The lowest BCUT2D eigenvalue weighted by molar-refractivity contribution is 0.575. The second-order valence-electron chi connectivity index (χ2n) is 3.79. The minimum absolute atomic E-state index is 0.262. The van der Waals surface area contributed by atoms with Gasteiger partial charge in [0, 0.05) is 10.0 Å². The molecule has 1 N–H and O–H groups in total. The van der Waals surface area contributed by atoms with E-state index in [1.165, 1.54) is 6.07 Å². The molecule has 0 bridgehead atoms. The van der Waals surface area contributed by atoms with Crippen molar-refractivity contribution in [2.24, 2.45) is 0 Å². The minimum Gasteiger partial charge on any atom is -0.309 e. The molecule has 0 saturated carbocycles. The number of rotatable bonds is 3. The van der Waals surface area contributed by atoms with E-state index in [1.54, 1.807) is 24.5 Å². The van der Waals surface area contributed by atoms with Gasteiger partial charge in [0.25, 0.3) is 0 Å². The van der Waals surface area contributed by atoms with Crippen molar-refractivity contribution in [3.8, 4) is 0 Å². The van der Waals surface area contributed by atoms with Gasteiger partial charge in [-0.3, -0.25) is 0 Å². The molecule has 102 valence electrons. The van der Waals surface area contributed by atoms with Crippen LogP contribution < -0.4 is 5.32 Å². The predicted octanol–water partition coefficient (Wildman–Crippen LogP) is 6.14. The molecule has 0 amide bonds. The SMILES string of the molecule is CNC(c1cc(Cl)c(Br)cc1F)c1cc(Br)sc1Br. The summed E-state index contributed by atoms with van der Waals surface area (Å²) in [5, 5.41) is 3.61. The zero-order valence-corrected chi connectivity index (χ0v) is 15.9. The molecule has 0 spiro atoms. The summed E-state index contributed by atoms with van der Waals surface area (Å²) in [6, 6.07) is 4.73. The summed E-state index contributed by atoms with van der Waals surface area (Å²) in [4.78, 5) is 0. The van der Waals surface area contributed by atoms with Crippen LogP contribution >= 0.6 is 70.7 Å². The molecule has 0 aliphatic carbocycles. The number of benzene rings is 1. The Bertz CT molecular complexity index is 617. The van der Waals surface area contributed by atoms with Crippen molar-refractivity contribution in [1.82, 2.24) is 5.32 Å². The highest BCUT2D eigenvalue weighted by Gasteiger charge is 2.21. The molecule has 2 aromatic rings. The van der Waals surface area contributed by atoms with Crippen molar-refractivity contribution in [2.45, 2.75) is 6.04 Å². The lowest BCUT2D eigenvalue weighted by Crippen LogP contribution is -2.18. The van der Waals surface area contributed by atoms with Gasteiger partial charge in [-0.2, -0.15) is 0 Å². The molecule has 2 rings (SSSR count). The molecular weight excluding hydrogens is 484 g/mol. The maximum absolute atomic E-state index is 14.1. The Hall–Kier alpha value is 0.540. The first kappa shape index (κ1) is 15.9. The highest BCUT2D eigenvalue weighted by molar-refractivity contribution is 9.12. The second kappa shape index (κ2) is 6.54. The quantitative estimate of drug-likeness (QED) is 0.508. The molecule has 0 radical (unpaired) electrons. The maximum Gasteiger partial charge on any atom is 0.129 e. The topological polar surface area (TPSA) is 12.0 Å². The van der Waals surface area contributed by atoms with E-state index in [0.717, 1.165) is 13.1 Å². The summed E-state index contributed by atoms with van der Waals surface area (Å²) in [5.74, 6) is -0.301. The van der Waals surface area contributed by atoms with Crippen LogP contribution in [0.15, 0.2) is 30.2 Å². The molecular formula is C12H8Br3ClFNS. The fourth-order valence-corrected chi connectivity index (χ4v) is 5.18. The van der Waals surface area contributed by atoms with Gasteiger partial charge >= 0.3 is 0 Å². The zero-order chi connectivity index (χ0) is 14.2. The molecule has 0 fully saturated rings. The van der Waals surface area contributed by atoms with Crippen molar-refractivity contribution in [2.75, 3.05) is 7.05 Å². The summed E-state index contributed by atoms with van der Waals surface area (Å²) in [6.07, 6.45) is 0. The van der Waals surface area contributed by atoms with Gasteiger partial charge in [0.2, 0.25) is 0 Å². The first-order chi connectivity index (χ1) is 8.93. The summed E-state index contributed by atoms with van der Waals surface area (Å²) in [7, 11) is 1.79. The monoisotopic (exact) mass is 489 g/mol. The first-order valence-electron chi connectivity index (χ1n) is 5.20.